The molecule has 0 radical (unpaired) electrons. The van der Waals surface area contributed by atoms with Gasteiger partial charge in [-0.25, -0.2) is 4.39 Å². The minimum Gasteiger partial charge on any atom is -0.497 e. The van der Waals surface area contributed by atoms with E-state index in [0.717, 1.165) is 0 Å². The molecule has 0 aliphatic carbocycles. The van der Waals surface area contributed by atoms with Gasteiger partial charge in [0.1, 0.15) is 17.7 Å². The smallest absolute Gasteiger partial charge is 0.133 e. The standard InChI is InChI=1S/C15H14BrFO2/c1-9-3-8-12(16)13(14(9)17)15(18)10-4-6-11(19-2)7-5-10/h3-8,15,18H,1-2H3. The van der Waals surface area contributed by atoms with Crippen molar-refractivity contribution in [2.24, 2.45) is 0 Å². The van der Waals surface area contributed by atoms with Crippen LogP contribution in [0.5, 0.6) is 5.75 Å². The molecule has 0 fully saturated rings. The normalized spacial score (nSPS) is 12.3. The van der Waals surface area contributed by atoms with E-state index >= 15 is 0 Å². The molecule has 0 bridgehead atoms. The van der Waals surface area contributed by atoms with Gasteiger partial charge in [0.05, 0.1) is 7.11 Å². The van der Waals surface area contributed by atoms with E-state index in [1.807, 2.05) is 0 Å². The van der Waals surface area contributed by atoms with Gasteiger partial charge in [-0.05, 0) is 36.2 Å². The van der Waals surface area contributed by atoms with Gasteiger partial charge in [-0.3, -0.25) is 0 Å². The molecule has 1 unspecified atom stereocenters. The first-order valence-corrected chi connectivity index (χ1v) is 6.60. The number of halogens is 2. The van der Waals surface area contributed by atoms with Crippen LogP contribution in [-0.4, -0.2) is 12.2 Å². The first-order chi connectivity index (χ1) is 9.04. The molecule has 2 aromatic rings. The Kier molecular flexibility index (Phi) is 4.22. The number of aliphatic hydroxyl groups is 1. The summed E-state index contributed by atoms with van der Waals surface area (Å²) in [6.45, 7) is 1.67. The van der Waals surface area contributed by atoms with Crippen LogP contribution in [0.15, 0.2) is 40.9 Å². The Morgan fingerprint density at radius 1 is 1.16 bits per heavy atom. The van der Waals surface area contributed by atoms with Crippen LogP contribution >= 0.6 is 15.9 Å². The number of aryl methyl sites for hydroxylation is 1. The molecule has 2 rings (SSSR count). The monoisotopic (exact) mass is 324 g/mol. The summed E-state index contributed by atoms with van der Waals surface area (Å²) in [5.41, 5.74) is 1.38. The van der Waals surface area contributed by atoms with Crippen molar-refractivity contribution in [1.82, 2.24) is 0 Å². The highest BCUT2D eigenvalue weighted by Crippen LogP contribution is 2.32. The molecule has 100 valence electrons. The maximum atomic E-state index is 14.1. The summed E-state index contributed by atoms with van der Waals surface area (Å²) in [5, 5.41) is 10.3. The molecule has 1 atom stereocenters. The van der Waals surface area contributed by atoms with E-state index in [0.29, 0.717) is 21.3 Å². The van der Waals surface area contributed by atoms with Crippen LogP contribution in [0.4, 0.5) is 4.39 Å². The molecule has 0 aromatic heterocycles. The second kappa shape index (κ2) is 5.72. The second-order valence-electron chi connectivity index (χ2n) is 4.27. The largest absolute Gasteiger partial charge is 0.497 e. The SMILES string of the molecule is COc1ccc(C(O)c2c(Br)ccc(C)c2F)cc1. The lowest BCUT2D eigenvalue weighted by Gasteiger charge is -2.16. The molecule has 0 saturated heterocycles. The van der Waals surface area contributed by atoms with E-state index in [4.69, 9.17) is 4.74 Å². The molecule has 1 N–H and O–H groups in total. The zero-order chi connectivity index (χ0) is 14.0. The number of aliphatic hydroxyl groups excluding tert-OH is 1. The summed E-state index contributed by atoms with van der Waals surface area (Å²) in [7, 11) is 1.57. The predicted molar refractivity (Wildman–Crippen MR) is 75.9 cm³/mol. The van der Waals surface area contributed by atoms with Gasteiger partial charge in [-0.2, -0.15) is 0 Å². The number of rotatable bonds is 3. The summed E-state index contributed by atoms with van der Waals surface area (Å²) in [6.07, 6.45) is -1.01. The van der Waals surface area contributed by atoms with E-state index in [2.05, 4.69) is 15.9 Å². The van der Waals surface area contributed by atoms with Crippen molar-refractivity contribution in [3.8, 4) is 5.75 Å². The molecular weight excluding hydrogens is 311 g/mol. The summed E-state index contributed by atoms with van der Waals surface area (Å²) >= 11 is 3.28. The third-order valence-electron chi connectivity index (χ3n) is 3.02. The van der Waals surface area contributed by atoms with Gasteiger partial charge in [0, 0.05) is 10.0 Å². The average Bonchev–Trinajstić information content (AvgIpc) is 2.43. The van der Waals surface area contributed by atoms with Crippen LogP contribution in [0.2, 0.25) is 0 Å². The van der Waals surface area contributed by atoms with Gasteiger partial charge in [0.15, 0.2) is 0 Å². The average molecular weight is 325 g/mol. The number of hydrogen-bond donors (Lipinski definition) is 1. The van der Waals surface area contributed by atoms with Crippen molar-refractivity contribution < 1.29 is 14.2 Å². The lowest BCUT2D eigenvalue weighted by atomic mass is 9.99. The zero-order valence-electron chi connectivity index (χ0n) is 10.7. The summed E-state index contributed by atoms with van der Waals surface area (Å²) < 4.78 is 19.7. The third kappa shape index (κ3) is 2.80. The first-order valence-electron chi connectivity index (χ1n) is 5.81. The minimum absolute atomic E-state index is 0.255. The van der Waals surface area contributed by atoms with E-state index in [1.165, 1.54) is 0 Å². The molecule has 0 saturated carbocycles. The molecule has 0 amide bonds. The Morgan fingerprint density at radius 2 is 1.79 bits per heavy atom. The maximum Gasteiger partial charge on any atom is 0.133 e. The van der Waals surface area contributed by atoms with Crippen LogP contribution in [0.1, 0.15) is 22.8 Å². The molecule has 2 nitrogen and oxygen atoms in total. The van der Waals surface area contributed by atoms with Gasteiger partial charge < -0.3 is 9.84 Å². The van der Waals surface area contributed by atoms with Gasteiger partial charge >= 0.3 is 0 Å². The number of benzene rings is 2. The van der Waals surface area contributed by atoms with Crippen LogP contribution < -0.4 is 4.74 Å². The summed E-state index contributed by atoms with van der Waals surface area (Å²) in [4.78, 5) is 0. The Hall–Kier alpha value is -1.39. The summed E-state index contributed by atoms with van der Waals surface area (Å²) in [5.74, 6) is 0.303. The number of hydrogen-bond acceptors (Lipinski definition) is 2. The highest BCUT2D eigenvalue weighted by molar-refractivity contribution is 9.10. The van der Waals surface area contributed by atoms with E-state index in [-0.39, 0.29) is 5.56 Å². The molecule has 0 aliphatic rings. The molecular formula is C15H14BrFO2. The zero-order valence-corrected chi connectivity index (χ0v) is 12.2. The molecule has 0 spiro atoms. The third-order valence-corrected chi connectivity index (χ3v) is 3.72. The van der Waals surface area contributed by atoms with Crippen LogP contribution in [0.3, 0.4) is 0 Å². The van der Waals surface area contributed by atoms with Gasteiger partial charge in [-0.15, -0.1) is 0 Å². The molecule has 19 heavy (non-hydrogen) atoms. The van der Waals surface area contributed by atoms with Crippen molar-refractivity contribution in [2.45, 2.75) is 13.0 Å². The van der Waals surface area contributed by atoms with Crippen molar-refractivity contribution in [1.29, 1.82) is 0 Å². The quantitative estimate of drug-likeness (QED) is 0.925. The van der Waals surface area contributed by atoms with Crippen LogP contribution in [0.25, 0.3) is 0 Å². The molecule has 2 aromatic carbocycles. The Bertz CT molecular complexity index is 581. The van der Waals surface area contributed by atoms with E-state index < -0.39 is 11.9 Å². The molecule has 0 aliphatic heterocycles. The fourth-order valence-electron chi connectivity index (χ4n) is 1.88. The highest BCUT2D eigenvalue weighted by atomic mass is 79.9. The van der Waals surface area contributed by atoms with Gasteiger partial charge in [-0.1, -0.05) is 34.1 Å². The fraction of sp³-hybridized carbons (Fsp3) is 0.200. The first kappa shape index (κ1) is 14.0. The maximum absolute atomic E-state index is 14.1. The Morgan fingerprint density at radius 3 is 2.37 bits per heavy atom. The minimum atomic E-state index is -1.01. The number of methoxy groups -OCH3 is 1. The predicted octanol–water partition coefficient (Wildman–Crippen LogP) is 3.99. The Labute approximate surface area is 120 Å². The lowest BCUT2D eigenvalue weighted by Crippen LogP contribution is -2.05. The topological polar surface area (TPSA) is 29.5 Å². The fourth-order valence-corrected chi connectivity index (χ4v) is 2.40. The lowest BCUT2D eigenvalue weighted by molar-refractivity contribution is 0.213. The van der Waals surface area contributed by atoms with Crippen LogP contribution in [-0.2, 0) is 0 Å². The van der Waals surface area contributed by atoms with E-state index in [9.17, 15) is 9.50 Å². The summed E-state index contributed by atoms with van der Waals surface area (Å²) in [6, 6.07) is 10.3. The van der Waals surface area contributed by atoms with Crippen LogP contribution in [0, 0.1) is 12.7 Å². The highest BCUT2D eigenvalue weighted by Gasteiger charge is 2.19. The number of ether oxygens (including phenoxy) is 1. The van der Waals surface area contributed by atoms with Crippen molar-refractivity contribution in [3.63, 3.8) is 0 Å². The molecule has 0 heterocycles. The van der Waals surface area contributed by atoms with Crippen molar-refractivity contribution >= 4 is 15.9 Å². The van der Waals surface area contributed by atoms with Gasteiger partial charge in [0.25, 0.3) is 0 Å². The van der Waals surface area contributed by atoms with Crippen molar-refractivity contribution in [2.75, 3.05) is 7.11 Å². The van der Waals surface area contributed by atoms with Crippen molar-refractivity contribution in [3.05, 3.63) is 63.4 Å². The van der Waals surface area contributed by atoms with E-state index in [1.54, 1.807) is 50.4 Å². The molecule has 4 heteroatoms. The Balaban J connectivity index is 2.43. The second-order valence-corrected chi connectivity index (χ2v) is 5.12. The van der Waals surface area contributed by atoms with Gasteiger partial charge in [0.2, 0.25) is 0 Å².